The first-order valence-corrected chi connectivity index (χ1v) is 7.30. The SMILES string of the molecule is N#CC1(NC(=O)c2ccc(Br)cn2)CCCCCC1. The van der Waals surface area contributed by atoms with Crippen molar-refractivity contribution in [1.82, 2.24) is 10.3 Å². The molecule has 5 heteroatoms. The maximum atomic E-state index is 12.2. The third-order valence-electron chi connectivity index (χ3n) is 3.48. The summed E-state index contributed by atoms with van der Waals surface area (Å²) in [5, 5.41) is 12.3. The van der Waals surface area contributed by atoms with Crippen LogP contribution in [0.25, 0.3) is 0 Å². The summed E-state index contributed by atoms with van der Waals surface area (Å²) in [6.07, 6.45) is 7.29. The van der Waals surface area contributed by atoms with Gasteiger partial charge >= 0.3 is 0 Å². The normalized spacial score (nSPS) is 18.1. The molecule has 0 bridgehead atoms. The molecule has 100 valence electrons. The molecule has 0 aliphatic heterocycles. The number of nitriles is 1. The minimum absolute atomic E-state index is 0.268. The molecule has 1 aromatic rings. The number of pyridine rings is 1. The number of amides is 1. The minimum atomic E-state index is -0.720. The molecule has 1 saturated carbocycles. The molecule has 0 spiro atoms. The van der Waals surface area contributed by atoms with E-state index in [-0.39, 0.29) is 5.91 Å². The molecule has 0 atom stereocenters. The molecular formula is C14H16BrN3O. The second kappa shape index (κ2) is 6.16. The Morgan fingerprint density at radius 2 is 2.00 bits per heavy atom. The number of nitrogens with one attached hydrogen (secondary N) is 1. The van der Waals surface area contributed by atoms with E-state index in [0.717, 1.165) is 43.0 Å². The predicted molar refractivity (Wildman–Crippen MR) is 75.4 cm³/mol. The van der Waals surface area contributed by atoms with Crippen LogP contribution < -0.4 is 5.32 Å². The van der Waals surface area contributed by atoms with Crippen LogP contribution in [-0.4, -0.2) is 16.4 Å². The van der Waals surface area contributed by atoms with Crippen molar-refractivity contribution in [1.29, 1.82) is 5.26 Å². The van der Waals surface area contributed by atoms with Crippen LogP contribution in [0.2, 0.25) is 0 Å². The predicted octanol–water partition coefficient (Wildman–Crippen LogP) is 3.19. The van der Waals surface area contributed by atoms with Crippen molar-refractivity contribution in [2.75, 3.05) is 0 Å². The molecule has 2 rings (SSSR count). The van der Waals surface area contributed by atoms with Gasteiger partial charge in [-0.25, -0.2) is 4.98 Å². The number of rotatable bonds is 2. The Balaban J connectivity index is 2.11. The van der Waals surface area contributed by atoms with Crippen LogP contribution in [0, 0.1) is 11.3 Å². The molecule has 1 aromatic heterocycles. The van der Waals surface area contributed by atoms with Crippen molar-refractivity contribution in [2.24, 2.45) is 0 Å². The van der Waals surface area contributed by atoms with Crippen molar-refractivity contribution >= 4 is 21.8 Å². The van der Waals surface area contributed by atoms with E-state index < -0.39 is 5.54 Å². The number of halogens is 1. The lowest BCUT2D eigenvalue weighted by atomic mass is 9.91. The average Bonchev–Trinajstić information content (AvgIpc) is 2.65. The number of carbonyl (C=O) groups excluding carboxylic acids is 1. The van der Waals surface area contributed by atoms with Gasteiger partial charge < -0.3 is 5.32 Å². The number of nitrogens with zero attached hydrogens (tertiary/aromatic N) is 2. The molecular weight excluding hydrogens is 306 g/mol. The summed E-state index contributed by atoms with van der Waals surface area (Å²) in [7, 11) is 0. The fourth-order valence-corrected chi connectivity index (χ4v) is 2.62. The average molecular weight is 322 g/mol. The van der Waals surface area contributed by atoms with Gasteiger partial charge in [0, 0.05) is 10.7 Å². The Morgan fingerprint density at radius 1 is 1.32 bits per heavy atom. The van der Waals surface area contributed by atoms with Gasteiger partial charge in [0.2, 0.25) is 0 Å². The van der Waals surface area contributed by atoms with E-state index in [4.69, 9.17) is 0 Å². The highest BCUT2D eigenvalue weighted by molar-refractivity contribution is 9.10. The van der Waals surface area contributed by atoms with Gasteiger partial charge in [-0.05, 0) is 40.9 Å². The maximum Gasteiger partial charge on any atom is 0.271 e. The lowest BCUT2D eigenvalue weighted by Gasteiger charge is -2.26. The zero-order chi connectivity index (χ0) is 13.7. The van der Waals surface area contributed by atoms with Crippen LogP contribution in [0.4, 0.5) is 0 Å². The van der Waals surface area contributed by atoms with Crippen LogP contribution in [0.1, 0.15) is 49.0 Å². The number of aromatic nitrogens is 1. The molecule has 1 N–H and O–H groups in total. The van der Waals surface area contributed by atoms with Gasteiger partial charge in [0.15, 0.2) is 0 Å². The van der Waals surface area contributed by atoms with Gasteiger partial charge in [-0.2, -0.15) is 5.26 Å². The Hall–Kier alpha value is -1.41. The molecule has 1 aliphatic rings. The molecule has 0 aromatic carbocycles. The summed E-state index contributed by atoms with van der Waals surface area (Å²) in [5.74, 6) is -0.268. The first-order chi connectivity index (χ1) is 9.15. The zero-order valence-corrected chi connectivity index (χ0v) is 12.2. The van der Waals surface area contributed by atoms with Crippen LogP contribution in [0.5, 0.6) is 0 Å². The lowest BCUT2D eigenvalue weighted by Crippen LogP contribution is -2.47. The number of carbonyl (C=O) groups is 1. The van der Waals surface area contributed by atoms with E-state index >= 15 is 0 Å². The van der Waals surface area contributed by atoms with E-state index in [9.17, 15) is 10.1 Å². The maximum absolute atomic E-state index is 12.2. The van der Waals surface area contributed by atoms with Crippen LogP contribution in [0.15, 0.2) is 22.8 Å². The molecule has 1 fully saturated rings. The fourth-order valence-electron chi connectivity index (χ4n) is 2.39. The van der Waals surface area contributed by atoms with Gasteiger partial charge in [-0.1, -0.05) is 25.7 Å². The van der Waals surface area contributed by atoms with Gasteiger partial charge in [0.05, 0.1) is 6.07 Å². The molecule has 1 aliphatic carbocycles. The second-order valence-corrected chi connectivity index (χ2v) is 5.84. The Labute approximate surface area is 121 Å². The standard InChI is InChI=1S/C14H16BrN3O/c15-11-5-6-12(17-9-11)13(19)18-14(10-16)7-3-1-2-4-8-14/h5-6,9H,1-4,7-8H2,(H,18,19). The molecule has 0 radical (unpaired) electrons. The van der Waals surface area contributed by atoms with Crippen LogP contribution in [0.3, 0.4) is 0 Å². The van der Waals surface area contributed by atoms with Crippen molar-refractivity contribution in [2.45, 2.75) is 44.1 Å². The molecule has 1 amide bonds. The van der Waals surface area contributed by atoms with E-state index in [0.29, 0.717) is 5.69 Å². The highest BCUT2D eigenvalue weighted by Crippen LogP contribution is 2.26. The van der Waals surface area contributed by atoms with E-state index in [1.165, 1.54) is 0 Å². The second-order valence-electron chi connectivity index (χ2n) is 4.92. The van der Waals surface area contributed by atoms with Crippen LogP contribution in [-0.2, 0) is 0 Å². The minimum Gasteiger partial charge on any atom is -0.332 e. The smallest absolute Gasteiger partial charge is 0.271 e. The molecule has 0 unspecified atom stereocenters. The largest absolute Gasteiger partial charge is 0.332 e. The van der Waals surface area contributed by atoms with E-state index in [1.807, 2.05) is 0 Å². The molecule has 0 saturated heterocycles. The van der Waals surface area contributed by atoms with Gasteiger partial charge in [0.25, 0.3) is 5.91 Å². The first kappa shape index (κ1) is 14.0. The zero-order valence-electron chi connectivity index (χ0n) is 10.7. The van der Waals surface area contributed by atoms with Crippen molar-refractivity contribution in [3.05, 3.63) is 28.5 Å². The third kappa shape index (κ3) is 3.54. The van der Waals surface area contributed by atoms with Gasteiger partial charge in [-0.15, -0.1) is 0 Å². The number of hydrogen-bond acceptors (Lipinski definition) is 3. The van der Waals surface area contributed by atoms with E-state index in [2.05, 4.69) is 32.3 Å². The third-order valence-corrected chi connectivity index (χ3v) is 3.95. The van der Waals surface area contributed by atoms with E-state index in [1.54, 1.807) is 18.3 Å². The number of hydrogen-bond donors (Lipinski definition) is 1. The van der Waals surface area contributed by atoms with Gasteiger partial charge in [0.1, 0.15) is 11.2 Å². The summed E-state index contributed by atoms with van der Waals surface area (Å²) in [6, 6.07) is 5.73. The Bertz CT molecular complexity index is 484. The Kier molecular flexibility index (Phi) is 4.54. The highest BCUT2D eigenvalue weighted by atomic mass is 79.9. The summed E-state index contributed by atoms with van der Waals surface area (Å²) in [6.45, 7) is 0. The molecule has 4 nitrogen and oxygen atoms in total. The van der Waals surface area contributed by atoms with Gasteiger partial charge in [-0.3, -0.25) is 4.79 Å². The van der Waals surface area contributed by atoms with Crippen molar-refractivity contribution in [3.8, 4) is 6.07 Å². The Morgan fingerprint density at radius 3 is 2.53 bits per heavy atom. The topological polar surface area (TPSA) is 65.8 Å². The first-order valence-electron chi connectivity index (χ1n) is 6.50. The fraction of sp³-hybridized carbons (Fsp3) is 0.500. The summed E-state index contributed by atoms with van der Waals surface area (Å²) < 4.78 is 0.827. The van der Waals surface area contributed by atoms with Crippen molar-refractivity contribution in [3.63, 3.8) is 0 Å². The summed E-state index contributed by atoms with van der Waals surface area (Å²) in [5.41, 5.74) is -0.371. The monoisotopic (exact) mass is 321 g/mol. The lowest BCUT2D eigenvalue weighted by molar-refractivity contribution is 0.0907. The van der Waals surface area contributed by atoms with Crippen LogP contribution >= 0.6 is 15.9 Å². The quantitative estimate of drug-likeness (QED) is 0.851. The van der Waals surface area contributed by atoms with Crippen molar-refractivity contribution < 1.29 is 4.79 Å². The molecule has 1 heterocycles. The highest BCUT2D eigenvalue weighted by Gasteiger charge is 2.33. The summed E-state index contributed by atoms with van der Waals surface area (Å²) in [4.78, 5) is 16.2. The summed E-state index contributed by atoms with van der Waals surface area (Å²) >= 11 is 3.28. The molecule has 19 heavy (non-hydrogen) atoms.